The first-order valence-corrected chi connectivity index (χ1v) is 12.5. The molecule has 0 saturated carbocycles. The molecular formula is C23H26N8O2S. The zero-order chi connectivity index (χ0) is 23.1. The zero-order valence-electron chi connectivity index (χ0n) is 18.8. The van der Waals surface area contributed by atoms with Crippen molar-refractivity contribution < 1.29 is 4.79 Å². The van der Waals surface area contributed by atoms with Crippen LogP contribution in [0, 0.1) is 0 Å². The van der Waals surface area contributed by atoms with E-state index in [1.54, 1.807) is 11.3 Å². The van der Waals surface area contributed by atoms with Crippen LogP contribution in [0.3, 0.4) is 0 Å². The predicted octanol–water partition coefficient (Wildman–Crippen LogP) is 1.93. The largest absolute Gasteiger partial charge is 0.331 e. The number of urea groups is 1. The van der Waals surface area contributed by atoms with E-state index in [1.807, 2.05) is 33.7 Å². The molecule has 176 valence electrons. The van der Waals surface area contributed by atoms with Gasteiger partial charge in [0.25, 0.3) is 5.56 Å². The van der Waals surface area contributed by atoms with E-state index < -0.39 is 0 Å². The van der Waals surface area contributed by atoms with Crippen molar-refractivity contribution in [2.75, 3.05) is 26.2 Å². The second-order valence-corrected chi connectivity index (χ2v) is 9.95. The van der Waals surface area contributed by atoms with Crippen LogP contribution in [0.25, 0.3) is 15.9 Å². The van der Waals surface area contributed by atoms with Crippen molar-refractivity contribution in [3.63, 3.8) is 0 Å². The second kappa shape index (κ2) is 8.80. The summed E-state index contributed by atoms with van der Waals surface area (Å²) in [6.07, 6.45) is 6.27. The van der Waals surface area contributed by atoms with Gasteiger partial charge in [-0.15, -0.1) is 21.5 Å². The van der Waals surface area contributed by atoms with Crippen LogP contribution in [-0.4, -0.2) is 66.6 Å². The average Bonchev–Trinajstić information content (AvgIpc) is 3.44. The van der Waals surface area contributed by atoms with E-state index in [-0.39, 0.29) is 11.6 Å². The highest BCUT2D eigenvalue weighted by atomic mass is 32.1. The van der Waals surface area contributed by atoms with Gasteiger partial charge in [0.2, 0.25) is 0 Å². The van der Waals surface area contributed by atoms with Crippen molar-refractivity contribution in [1.82, 2.24) is 39.7 Å². The molecule has 11 heteroatoms. The molecule has 10 nitrogen and oxygen atoms in total. The smallest absolute Gasteiger partial charge is 0.317 e. The van der Waals surface area contributed by atoms with E-state index in [2.05, 4.69) is 25.4 Å². The van der Waals surface area contributed by atoms with Crippen LogP contribution in [0.2, 0.25) is 0 Å². The molecule has 0 bridgehead atoms. The third kappa shape index (κ3) is 3.94. The lowest BCUT2D eigenvalue weighted by Gasteiger charge is -2.34. The molecular weight excluding hydrogens is 452 g/mol. The standard InChI is InChI=1S/C23H26N8O2S/c32-21-20-15-5-1-2-6-16(15)34-22(20)26-17(25-21)14-29-9-11-30(12-10-29)23(33)24-13-19-28-27-18-7-3-4-8-31(18)19/h3-4,7-8H,1-2,5-6,9-14H2,(H,24,33)(H,25,26,32). The summed E-state index contributed by atoms with van der Waals surface area (Å²) in [4.78, 5) is 39.5. The van der Waals surface area contributed by atoms with Crippen LogP contribution in [0.5, 0.6) is 0 Å². The van der Waals surface area contributed by atoms with E-state index in [4.69, 9.17) is 4.98 Å². The van der Waals surface area contributed by atoms with Crippen LogP contribution in [0.1, 0.15) is 34.9 Å². The summed E-state index contributed by atoms with van der Waals surface area (Å²) in [5.74, 6) is 1.40. The Balaban J connectivity index is 1.06. The number of aromatic nitrogens is 5. The molecule has 0 aromatic carbocycles. The first kappa shape index (κ1) is 21.2. The number of nitrogens with one attached hydrogen (secondary N) is 2. The molecule has 0 unspecified atom stereocenters. The Morgan fingerprint density at radius 1 is 1.12 bits per heavy atom. The molecule has 1 fully saturated rings. The molecule has 0 radical (unpaired) electrons. The number of aryl methyl sites for hydroxylation is 2. The minimum absolute atomic E-state index is 0.0154. The molecule has 2 aliphatic rings. The third-order valence-electron chi connectivity index (χ3n) is 6.69. The average molecular weight is 479 g/mol. The Labute approximate surface area is 199 Å². The van der Waals surface area contributed by atoms with Gasteiger partial charge >= 0.3 is 6.03 Å². The molecule has 1 aliphatic heterocycles. The van der Waals surface area contributed by atoms with Gasteiger partial charge in [0.05, 0.1) is 18.5 Å². The molecule has 1 saturated heterocycles. The molecule has 2 N–H and O–H groups in total. The summed E-state index contributed by atoms with van der Waals surface area (Å²) in [7, 11) is 0. The Bertz CT molecular complexity index is 1420. The van der Waals surface area contributed by atoms with Gasteiger partial charge in [0.15, 0.2) is 11.5 Å². The summed E-state index contributed by atoms with van der Waals surface area (Å²) < 4.78 is 1.87. The highest BCUT2D eigenvalue weighted by Crippen LogP contribution is 2.33. The van der Waals surface area contributed by atoms with Crippen LogP contribution in [0.4, 0.5) is 4.79 Å². The van der Waals surface area contributed by atoms with Crippen molar-refractivity contribution in [2.45, 2.75) is 38.8 Å². The van der Waals surface area contributed by atoms with Gasteiger partial charge in [-0.2, -0.15) is 0 Å². The number of pyridine rings is 1. The number of hydrogen-bond donors (Lipinski definition) is 2. The van der Waals surface area contributed by atoms with Crippen molar-refractivity contribution in [2.24, 2.45) is 0 Å². The molecule has 2 amide bonds. The Kier molecular flexibility index (Phi) is 5.50. The van der Waals surface area contributed by atoms with Gasteiger partial charge < -0.3 is 15.2 Å². The minimum Gasteiger partial charge on any atom is -0.331 e. The lowest BCUT2D eigenvalue weighted by Crippen LogP contribution is -2.51. The Morgan fingerprint density at radius 3 is 2.85 bits per heavy atom. The third-order valence-corrected chi connectivity index (χ3v) is 7.87. The van der Waals surface area contributed by atoms with Crippen molar-refractivity contribution >= 4 is 33.2 Å². The monoisotopic (exact) mass is 478 g/mol. The number of H-pyrrole nitrogens is 1. The number of fused-ring (bicyclic) bond motifs is 4. The van der Waals surface area contributed by atoms with Crippen molar-refractivity contribution in [3.05, 3.63) is 56.8 Å². The number of piperazine rings is 1. The van der Waals surface area contributed by atoms with E-state index in [0.717, 1.165) is 48.2 Å². The maximum absolute atomic E-state index is 12.8. The summed E-state index contributed by atoms with van der Waals surface area (Å²) in [6.45, 7) is 3.58. The topological polar surface area (TPSA) is 112 Å². The summed E-state index contributed by atoms with van der Waals surface area (Å²) in [5, 5.41) is 12.0. The lowest BCUT2D eigenvalue weighted by molar-refractivity contribution is 0.133. The minimum atomic E-state index is -0.107. The van der Waals surface area contributed by atoms with Gasteiger partial charge in [-0.1, -0.05) is 6.07 Å². The number of rotatable bonds is 4. The number of hydrogen-bond acceptors (Lipinski definition) is 7. The van der Waals surface area contributed by atoms with E-state index >= 15 is 0 Å². The highest BCUT2D eigenvalue weighted by Gasteiger charge is 2.23. The molecule has 34 heavy (non-hydrogen) atoms. The number of thiophene rings is 1. The van der Waals surface area contributed by atoms with E-state index in [9.17, 15) is 9.59 Å². The van der Waals surface area contributed by atoms with Gasteiger partial charge in [0.1, 0.15) is 10.7 Å². The number of aromatic amines is 1. The quantitative estimate of drug-likeness (QED) is 0.464. The maximum atomic E-state index is 12.8. The van der Waals surface area contributed by atoms with Crippen molar-refractivity contribution in [3.8, 4) is 0 Å². The highest BCUT2D eigenvalue weighted by molar-refractivity contribution is 7.18. The molecule has 0 atom stereocenters. The number of nitrogens with zero attached hydrogens (tertiary/aromatic N) is 6. The number of amides is 2. The summed E-state index contributed by atoms with van der Waals surface area (Å²) in [6, 6.07) is 5.59. The van der Waals surface area contributed by atoms with E-state index in [1.165, 1.54) is 16.9 Å². The first-order chi connectivity index (χ1) is 16.7. The van der Waals surface area contributed by atoms with Crippen LogP contribution >= 0.6 is 11.3 Å². The lowest BCUT2D eigenvalue weighted by atomic mass is 9.97. The molecule has 0 spiro atoms. The maximum Gasteiger partial charge on any atom is 0.317 e. The van der Waals surface area contributed by atoms with Gasteiger partial charge in [0, 0.05) is 37.3 Å². The SMILES string of the molecule is O=C(NCc1nnc2ccccn12)N1CCN(Cc2nc3sc4c(c3c(=O)[nH]2)CCCC4)CC1. The zero-order valence-corrected chi connectivity index (χ0v) is 19.6. The number of carbonyl (C=O) groups excluding carboxylic acids is 1. The summed E-state index contributed by atoms with van der Waals surface area (Å²) in [5.41, 5.74) is 1.96. The van der Waals surface area contributed by atoms with Crippen LogP contribution in [-0.2, 0) is 25.9 Å². The van der Waals surface area contributed by atoms with Gasteiger partial charge in [-0.25, -0.2) is 9.78 Å². The second-order valence-electron chi connectivity index (χ2n) is 8.87. The Hall–Kier alpha value is -3.31. The van der Waals surface area contributed by atoms with Crippen LogP contribution in [0.15, 0.2) is 29.2 Å². The molecule has 4 aromatic heterocycles. The molecule has 4 aromatic rings. The fraction of sp³-hybridized carbons (Fsp3) is 0.435. The van der Waals surface area contributed by atoms with Crippen LogP contribution < -0.4 is 10.9 Å². The van der Waals surface area contributed by atoms with Crippen molar-refractivity contribution in [1.29, 1.82) is 0 Å². The van der Waals surface area contributed by atoms with Gasteiger partial charge in [-0.3, -0.25) is 14.1 Å². The fourth-order valence-corrected chi connectivity index (χ4v) is 6.16. The predicted molar refractivity (Wildman–Crippen MR) is 129 cm³/mol. The molecule has 6 rings (SSSR count). The normalized spacial score (nSPS) is 16.8. The first-order valence-electron chi connectivity index (χ1n) is 11.7. The van der Waals surface area contributed by atoms with E-state index in [0.29, 0.717) is 37.8 Å². The molecule has 1 aliphatic carbocycles. The summed E-state index contributed by atoms with van der Waals surface area (Å²) >= 11 is 1.68. The Morgan fingerprint density at radius 2 is 1.97 bits per heavy atom. The van der Waals surface area contributed by atoms with Gasteiger partial charge in [-0.05, 0) is 43.4 Å². The molecule has 5 heterocycles. The number of carbonyl (C=O) groups is 1. The fourth-order valence-electron chi connectivity index (χ4n) is 4.88.